The average Bonchev–Trinajstić information content (AvgIpc) is 3.63. The summed E-state index contributed by atoms with van der Waals surface area (Å²) in [5, 5.41) is 11.8. The van der Waals surface area contributed by atoms with Crippen molar-refractivity contribution in [1.29, 1.82) is 0 Å². The van der Waals surface area contributed by atoms with E-state index in [1.165, 1.54) is 22.9 Å². The Kier molecular flexibility index (Phi) is 9.41. The fraction of sp³-hybridized carbons (Fsp3) is 0.526. The van der Waals surface area contributed by atoms with Gasteiger partial charge in [0.15, 0.2) is 0 Å². The Hall–Kier alpha value is -4.37. The molecule has 7 atom stereocenters. The fourth-order valence-corrected chi connectivity index (χ4v) is 8.86. The molecular weight excluding hydrogens is 688 g/mol. The maximum Gasteiger partial charge on any atom is 0.481 e. The zero-order valence-electron chi connectivity index (χ0n) is 30.5. The number of benzene rings is 2. The standard InChI is InChI=1S/C38H46BF3N6O5/c1-6-29(39-52-30-26-16-25(35(26,2)3)17-37(30,5)53-39)46-31(49)28-18-36(4,47-34(51)45-19-22-11-8-7-9-12-22)33-44-21-27(32(50)48(28)33)43-20-23-13-10-14-24(15-23)38(40,41)42/h7-15,21,25-26,28-30,43H,6,16-20H2,1-5H3,(H,46,49)(H2,45,47,51)/t25?,26?,28-,29-,30+,36+,37-/m0/s1. The van der Waals surface area contributed by atoms with Crippen molar-refractivity contribution in [2.24, 2.45) is 17.3 Å². The van der Waals surface area contributed by atoms with Gasteiger partial charge in [0.1, 0.15) is 17.6 Å². The normalized spacial score (nSPS) is 28.6. The first kappa shape index (κ1) is 37.0. The van der Waals surface area contributed by atoms with Crippen LogP contribution in [0.3, 0.4) is 0 Å². The van der Waals surface area contributed by atoms with Gasteiger partial charge in [0.2, 0.25) is 5.91 Å². The summed E-state index contributed by atoms with van der Waals surface area (Å²) in [5.74, 6) is 0.0887. The van der Waals surface area contributed by atoms with Crippen LogP contribution in [-0.2, 0) is 38.9 Å². The lowest BCUT2D eigenvalue weighted by molar-refractivity contribution is -0.185. The van der Waals surface area contributed by atoms with Crippen molar-refractivity contribution >= 4 is 24.7 Å². The number of aromatic nitrogens is 2. The highest BCUT2D eigenvalue weighted by Gasteiger charge is 2.67. The van der Waals surface area contributed by atoms with Crippen LogP contribution in [0.25, 0.3) is 0 Å². The van der Waals surface area contributed by atoms with Crippen LogP contribution in [-0.4, -0.2) is 46.3 Å². The molecule has 3 heterocycles. The van der Waals surface area contributed by atoms with E-state index >= 15 is 0 Å². The molecule has 2 aromatic carbocycles. The molecule has 3 aliphatic carbocycles. The van der Waals surface area contributed by atoms with E-state index in [2.05, 4.69) is 47.0 Å². The van der Waals surface area contributed by atoms with Gasteiger partial charge in [-0.2, -0.15) is 13.2 Å². The summed E-state index contributed by atoms with van der Waals surface area (Å²) < 4.78 is 54.5. The Labute approximate surface area is 307 Å². The minimum Gasteiger partial charge on any atom is -0.404 e. The van der Waals surface area contributed by atoms with E-state index in [9.17, 15) is 27.6 Å². The maximum atomic E-state index is 14.3. The molecule has 0 radical (unpaired) electrons. The zero-order valence-corrected chi connectivity index (χ0v) is 30.5. The molecule has 3 aromatic rings. The second-order valence-corrected chi connectivity index (χ2v) is 16.0. The third kappa shape index (κ3) is 6.82. The molecule has 53 heavy (non-hydrogen) atoms. The lowest BCUT2D eigenvalue weighted by Gasteiger charge is -2.63. The van der Waals surface area contributed by atoms with E-state index < -0.39 is 59.5 Å². The first-order valence-electron chi connectivity index (χ1n) is 18.3. The largest absolute Gasteiger partial charge is 0.481 e. The van der Waals surface area contributed by atoms with Gasteiger partial charge in [0.05, 0.1) is 34.9 Å². The van der Waals surface area contributed by atoms with E-state index in [1.807, 2.05) is 37.3 Å². The van der Waals surface area contributed by atoms with Gasteiger partial charge in [-0.05, 0) is 73.6 Å². The molecule has 2 aliphatic heterocycles. The highest BCUT2D eigenvalue weighted by atomic mass is 19.4. The van der Waals surface area contributed by atoms with Crippen LogP contribution in [0.1, 0.15) is 88.9 Å². The molecule has 2 bridgehead atoms. The Morgan fingerprint density at radius 2 is 1.77 bits per heavy atom. The highest BCUT2D eigenvalue weighted by molar-refractivity contribution is 6.47. The molecule has 8 rings (SSSR count). The van der Waals surface area contributed by atoms with E-state index in [0.717, 1.165) is 30.5 Å². The average molecular weight is 735 g/mol. The van der Waals surface area contributed by atoms with E-state index in [1.54, 1.807) is 6.92 Å². The number of fused-ring (bicyclic) bond motifs is 1. The molecule has 2 unspecified atom stereocenters. The molecule has 15 heteroatoms. The van der Waals surface area contributed by atoms with E-state index in [0.29, 0.717) is 23.8 Å². The van der Waals surface area contributed by atoms with Gasteiger partial charge in [-0.25, -0.2) is 9.78 Å². The Bertz CT molecular complexity index is 1940. The highest BCUT2D eigenvalue weighted by Crippen LogP contribution is 2.64. The minimum absolute atomic E-state index is 0.00477. The van der Waals surface area contributed by atoms with E-state index in [4.69, 9.17) is 9.31 Å². The van der Waals surface area contributed by atoms with Gasteiger partial charge in [-0.3, -0.25) is 14.2 Å². The van der Waals surface area contributed by atoms with Gasteiger partial charge in [0, 0.05) is 19.5 Å². The summed E-state index contributed by atoms with van der Waals surface area (Å²) in [6.45, 7) is 10.4. The van der Waals surface area contributed by atoms with Crippen LogP contribution in [0.2, 0.25) is 0 Å². The zero-order chi connectivity index (χ0) is 37.9. The second-order valence-electron chi connectivity index (χ2n) is 16.0. The Morgan fingerprint density at radius 3 is 2.47 bits per heavy atom. The summed E-state index contributed by atoms with van der Waals surface area (Å²) in [6.07, 6.45) is -0.842. The number of rotatable bonds is 10. The molecule has 4 fully saturated rings. The van der Waals surface area contributed by atoms with E-state index in [-0.39, 0.29) is 42.5 Å². The first-order chi connectivity index (χ1) is 25.0. The SMILES string of the molecule is CC[C@H](NC(=O)[C@@H]1C[C@@](C)(NC(=O)NCc2ccccc2)c2ncc(NCc3cccc(C(F)(F)F)c3)c(=O)n21)B1O[C@@H]2C3CC(C[C@]2(C)O1)C3(C)C. The van der Waals surface area contributed by atoms with Crippen LogP contribution in [0, 0.1) is 17.3 Å². The van der Waals surface area contributed by atoms with Crippen LogP contribution in [0.4, 0.5) is 23.7 Å². The van der Waals surface area contributed by atoms with Gasteiger partial charge in [0.25, 0.3) is 5.56 Å². The van der Waals surface area contributed by atoms with Crippen molar-refractivity contribution in [3.05, 3.63) is 93.7 Å². The molecule has 0 spiro atoms. The summed E-state index contributed by atoms with van der Waals surface area (Å²) in [5.41, 5.74) is -1.75. The Balaban J connectivity index is 1.13. The second kappa shape index (κ2) is 13.5. The minimum atomic E-state index is -4.52. The predicted octanol–water partition coefficient (Wildman–Crippen LogP) is 5.70. The summed E-state index contributed by atoms with van der Waals surface area (Å²) in [6, 6.07) is 12.6. The van der Waals surface area contributed by atoms with Crippen LogP contribution < -0.4 is 26.8 Å². The lowest BCUT2D eigenvalue weighted by Crippen LogP contribution is -2.63. The number of alkyl halides is 3. The summed E-state index contributed by atoms with van der Waals surface area (Å²) in [4.78, 5) is 46.2. The van der Waals surface area contributed by atoms with Gasteiger partial charge < -0.3 is 30.6 Å². The van der Waals surface area contributed by atoms with Gasteiger partial charge >= 0.3 is 19.3 Å². The number of anilines is 1. The predicted molar refractivity (Wildman–Crippen MR) is 192 cm³/mol. The molecular formula is C38H46BF3N6O5. The van der Waals surface area contributed by atoms with Crippen molar-refractivity contribution < 1.29 is 32.1 Å². The molecule has 3 amide bonds. The summed E-state index contributed by atoms with van der Waals surface area (Å²) >= 11 is 0. The molecule has 1 aromatic heterocycles. The molecule has 1 saturated heterocycles. The number of carbonyl (C=O) groups excluding carboxylic acids is 2. The molecule has 5 aliphatic rings. The number of amides is 3. The number of nitrogens with one attached hydrogen (secondary N) is 4. The monoisotopic (exact) mass is 734 g/mol. The fourth-order valence-electron chi connectivity index (χ4n) is 8.86. The quantitative estimate of drug-likeness (QED) is 0.197. The maximum absolute atomic E-state index is 14.3. The van der Waals surface area contributed by atoms with Gasteiger partial charge in [-0.1, -0.05) is 63.2 Å². The lowest BCUT2D eigenvalue weighted by atomic mass is 9.45. The van der Waals surface area contributed by atoms with Crippen LogP contribution in [0.5, 0.6) is 0 Å². The number of hydrogen-bond donors (Lipinski definition) is 4. The summed E-state index contributed by atoms with van der Waals surface area (Å²) in [7, 11) is -0.682. The number of hydrogen-bond acceptors (Lipinski definition) is 7. The molecule has 4 N–H and O–H groups in total. The van der Waals surface area contributed by atoms with Crippen molar-refractivity contribution in [1.82, 2.24) is 25.5 Å². The topological polar surface area (TPSA) is 136 Å². The number of halogens is 3. The third-order valence-corrected chi connectivity index (χ3v) is 12.1. The van der Waals surface area contributed by atoms with Crippen molar-refractivity contribution in [2.75, 3.05) is 5.32 Å². The van der Waals surface area contributed by atoms with Crippen LogP contribution in [0.15, 0.2) is 65.6 Å². The molecule has 11 nitrogen and oxygen atoms in total. The first-order valence-corrected chi connectivity index (χ1v) is 18.3. The Morgan fingerprint density at radius 1 is 1.04 bits per heavy atom. The van der Waals surface area contributed by atoms with Crippen molar-refractivity contribution in [2.45, 2.75) is 109 Å². The van der Waals surface area contributed by atoms with Crippen LogP contribution >= 0.6 is 0 Å². The number of urea groups is 1. The smallest absolute Gasteiger partial charge is 0.404 e. The third-order valence-electron chi connectivity index (χ3n) is 12.1. The molecule has 282 valence electrons. The van der Waals surface area contributed by atoms with Crippen molar-refractivity contribution in [3.63, 3.8) is 0 Å². The van der Waals surface area contributed by atoms with Gasteiger partial charge in [-0.15, -0.1) is 0 Å². The number of carbonyl (C=O) groups is 2. The van der Waals surface area contributed by atoms with Crippen molar-refractivity contribution in [3.8, 4) is 0 Å². The molecule has 3 saturated carbocycles. The number of nitrogens with zero attached hydrogens (tertiary/aromatic N) is 2.